The molecule has 2 aromatic rings. The molecule has 0 saturated heterocycles. The molecule has 106 valence electrons. The standard InChI is InChI=1S/C13H13BrN2O3S/c1-3-12-15-11(14)8-13(16-12)19-9-4-6-10(7-5-9)20(2,17)18/h4-8H,3H2,1-2H3. The van der Waals surface area contributed by atoms with Crippen LogP contribution in [-0.2, 0) is 16.3 Å². The van der Waals surface area contributed by atoms with Crippen molar-refractivity contribution < 1.29 is 13.2 Å². The van der Waals surface area contributed by atoms with Gasteiger partial charge in [-0.05, 0) is 40.2 Å². The number of nitrogens with zero attached hydrogens (tertiary/aromatic N) is 2. The lowest BCUT2D eigenvalue weighted by atomic mass is 10.3. The minimum Gasteiger partial charge on any atom is -0.439 e. The predicted molar refractivity (Wildman–Crippen MR) is 78.7 cm³/mol. The van der Waals surface area contributed by atoms with Gasteiger partial charge in [0.2, 0.25) is 5.88 Å². The zero-order valence-electron chi connectivity index (χ0n) is 11.0. The molecule has 0 saturated carbocycles. The normalized spacial score (nSPS) is 11.3. The van der Waals surface area contributed by atoms with Crippen LogP contribution in [0.3, 0.4) is 0 Å². The number of hydrogen-bond donors (Lipinski definition) is 0. The van der Waals surface area contributed by atoms with Crippen molar-refractivity contribution in [3.63, 3.8) is 0 Å². The molecule has 0 amide bonds. The number of halogens is 1. The molecule has 5 nitrogen and oxygen atoms in total. The minimum absolute atomic E-state index is 0.253. The molecule has 0 unspecified atom stereocenters. The Kier molecular flexibility index (Phi) is 4.39. The molecule has 0 aliphatic heterocycles. The molecule has 0 bridgehead atoms. The Labute approximate surface area is 126 Å². The Balaban J connectivity index is 2.24. The minimum atomic E-state index is -3.20. The van der Waals surface area contributed by atoms with E-state index in [9.17, 15) is 8.42 Å². The number of ether oxygens (including phenoxy) is 1. The Morgan fingerprint density at radius 3 is 2.40 bits per heavy atom. The second kappa shape index (κ2) is 5.88. The molecule has 0 radical (unpaired) electrons. The summed E-state index contributed by atoms with van der Waals surface area (Å²) in [5, 5.41) is 0. The highest BCUT2D eigenvalue weighted by Gasteiger charge is 2.08. The van der Waals surface area contributed by atoms with E-state index in [2.05, 4.69) is 25.9 Å². The largest absolute Gasteiger partial charge is 0.439 e. The van der Waals surface area contributed by atoms with Gasteiger partial charge in [-0.1, -0.05) is 6.92 Å². The van der Waals surface area contributed by atoms with Crippen LogP contribution in [0.15, 0.2) is 39.8 Å². The summed E-state index contributed by atoms with van der Waals surface area (Å²) < 4.78 is 29.0. The summed E-state index contributed by atoms with van der Waals surface area (Å²) in [7, 11) is -3.20. The molecule has 20 heavy (non-hydrogen) atoms. The molecule has 2 rings (SSSR count). The molecule has 7 heteroatoms. The van der Waals surface area contributed by atoms with Gasteiger partial charge >= 0.3 is 0 Å². The fourth-order valence-corrected chi connectivity index (χ4v) is 2.56. The van der Waals surface area contributed by atoms with Gasteiger partial charge in [-0.2, -0.15) is 4.98 Å². The monoisotopic (exact) mass is 356 g/mol. The van der Waals surface area contributed by atoms with Crippen LogP contribution in [0.4, 0.5) is 0 Å². The van der Waals surface area contributed by atoms with Gasteiger partial charge in [-0.25, -0.2) is 13.4 Å². The number of aromatic nitrogens is 2. The molecule has 0 N–H and O–H groups in total. The van der Waals surface area contributed by atoms with E-state index in [4.69, 9.17) is 4.74 Å². The Hall–Kier alpha value is -1.47. The van der Waals surface area contributed by atoms with Crippen molar-refractivity contribution >= 4 is 25.8 Å². The number of hydrogen-bond acceptors (Lipinski definition) is 5. The van der Waals surface area contributed by atoms with Crippen LogP contribution in [0.25, 0.3) is 0 Å². The number of benzene rings is 1. The second-order valence-electron chi connectivity index (χ2n) is 4.14. The number of aryl methyl sites for hydroxylation is 1. The number of sulfone groups is 1. The van der Waals surface area contributed by atoms with Crippen LogP contribution in [-0.4, -0.2) is 24.6 Å². The zero-order chi connectivity index (χ0) is 14.8. The summed E-state index contributed by atoms with van der Waals surface area (Å²) in [5.41, 5.74) is 0. The third-order valence-electron chi connectivity index (χ3n) is 2.51. The van der Waals surface area contributed by atoms with Crippen LogP contribution in [0, 0.1) is 0 Å². The first kappa shape index (κ1) is 14.9. The van der Waals surface area contributed by atoms with Gasteiger partial charge in [0, 0.05) is 18.7 Å². The second-order valence-corrected chi connectivity index (χ2v) is 6.97. The van der Waals surface area contributed by atoms with Gasteiger partial charge in [0.25, 0.3) is 0 Å². The third-order valence-corrected chi connectivity index (χ3v) is 4.04. The van der Waals surface area contributed by atoms with E-state index in [-0.39, 0.29) is 4.90 Å². The van der Waals surface area contributed by atoms with E-state index in [1.807, 2.05) is 6.92 Å². The third kappa shape index (κ3) is 3.77. The summed E-state index contributed by atoms with van der Waals surface area (Å²) in [6, 6.07) is 7.85. The number of rotatable bonds is 4. The Morgan fingerprint density at radius 2 is 1.85 bits per heavy atom. The zero-order valence-corrected chi connectivity index (χ0v) is 13.4. The van der Waals surface area contributed by atoms with Gasteiger partial charge < -0.3 is 4.74 Å². The average Bonchev–Trinajstić information content (AvgIpc) is 2.37. The van der Waals surface area contributed by atoms with E-state index in [0.717, 1.165) is 6.26 Å². The molecule has 0 atom stereocenters. The summed E-state index contributed by atoms with van der Waals surface area (Å²) in [4.78, 5) is 8.68. The van der Waals surface area contributed by atoms with Gasteiger partial charge in [0.05, 0.1) is 4.90 Å². The fraction of sp³-hybridized carbons (Fsp3) is 0.231. The van der Waals surface area contributed by atoms with E-state index in [0.29, 0.717) is 28.5 Å². The van der Waals surface area contributed by atoms with Crippen molar-refractivity contribution in [1.29, 1.82) is 0 Å². The molecule has 1 heterocycles. The highest BCUT2D eigenvalue weighted by Crippen LogP contribution is 2.23. The fourth-order valence-electron chi connectivity index (χ4n) is 1.53. The van der Waals surface area contributed by atoms with Crippen LogP contribution in [0.2, 0.25) is 0 Å². The van der Waals surface area contributed by atoms with Crippen LogP contribution >= 0.6 is 15.9 Å². The first-order valence-electron chi connectivity index (χ1n) is 5.90. The van der Waals surface area contributed by atoms with Crippen LogP contribution < -0.4 is 4.74 Å². The van der Waals surface area contributed by atoms with Crippen molar-refractivity contribution in [2.24, 2.45) is 0 Å². The Bertz CT molecular complexity index is 715. The van der Waals surface area contributed by atoms with Crippen molar-refractivity contribution in [2.75, 3.05) is 6.26 Å². The van der Waals surface area contributed by atoms with Crippen LogP contribution in [0.1, 0.15) is 12.7 Å². The van der Waals surface area contributed by atoms with Crippen molar-refractivity contribution in [1.82, 2.24) is 9.97 Å². The lowest BCUT2D eigenvalue weighted by Gasteiger charge is -2.07. The first-order valence-corrected chi connectivity index (χ1v) is 8.58. The molecule has 1 aromatic carbocycles. The van der Waals surface area contributed by atoms with Crippen molar-refractivity contribution in [2.45, 2.75) is 18.2 Å². The van der Waals surface area contributed by atoms with Gasteiger partial charge in [-0.15, -0.1) is 0 Å². The van der Waals surface area contributed by atoms with Gasteiger partial charge in [-0.3, -0.25) is 0 Å². The van der Waals surface area contributed by atoms with Crippen molar-refractivity contribution in [3.05, 3.63) is 40.8 Å². The highest BCUT2D eigenvalue weighted by atomic mass is 79.9. The summed E-state index contributed by atoms with van der Waals surface area (Å²) in [5.74, 6) is 1.60. The molecule has 0 fully saturated rings. The lowest BCUT2D eigenvalue weighted by molar-refractivity contribution is 0.457. The van der Waals surface area contributed by atoms with Gasteiger partial charge in [0.1, 0.15) is 16.2 Å². The Morgan fingerprint density at radius 1 is 1.20 bits per heavy atom. The SMILES string of the molecule is CCc1nc(Br)cc(Oc2ccc(S(C)(=O)=O)cc2)n1. The van der Waals surface area contributed by atoms with E-state index in [1.54, 1.807) is 18.2 Å². The van der Waals surface area contributed by atoms with Crippen LogP contribution in [0.5, 0.6) is 11.6 Å². The summed E-state index contributed by atoms with van der Waals surface area (Å²) in [6.07, 6.45) is 1.86. The lowest BCUT2D eigenvalue weighted by Crippen LogP contribution is -1.98. The van der Waals surface area contributed by atoms with E-state index in [1.165, 1.54) is 12.1 Å². The van der Waals surface area contributed by atoms with E-state index < -0.39 is 9.84 Å². The molecule has 0 spiro atoms. The van der Waals surface area contributed by atoms with Crippen molar-refractivity contribution in [3.8, 4) is 11.6 Å². The average molecular weight is 357 g/mol. The molecular weight excluding hydrogens is 344 g/mol. The first-order chi connectivity index (χ1) is 9.38. The predicted octanol–water partition coefficient (Wildman–Crippen LogP) is 3.00. The molecule has 0 aliphatic rings. The quantitative estimate of drug-likeness (QED) is 0.787. The smallest absolute Gasteiger partial charge is 0.223 e. The maximum atomic E-state index is 11.4. The maximum Gasteiger partial charge on any atom is 0.223 e. The molecule has 1 aromatic heterocycles. The molecule has 0 aliphatic carbocycles. The van der Waals surface area contributed by atoms with Gasteiger partial charge in [0.15, 0.2) is 9.84 Å². The maximum absolute atomic E-state index is 11.4. The summed E-state index contributed by atoms with van der Waals surface area (Å²) >= 11 is 3.29. The highest BCUT2D eigenvalue weighted by molar-refractivity contribution is 9.10. The summed E-state index contributed by atoms with van der Waals surface area (Å²) in [6.45, 7) is 1.95. The van der Waals surface area contributed by atoms with E-state index >= 15 is 0 Å². The molecular formula is C13H13BrN2O3S. The topological polar surface area (TPSA) is 69.2 Å².